The molecular formula is C47H87NO6. The highest BCUT2D eigenvalue weighted by atomic mass is 16.6. The standard InChI is InChI=1S/C47H87NO6/c1-6-8-10-12-14-16-18-20-22-24-26-28-30-32-34-38-44(49)52-42-36-40-48(46(51)54-47(3,4)5)41-37-43-53-45(50)39-35-33-31-29-27-25-23-21-19-17-15-13-11-9-7-2/h20-23H,6-19,24-43H2,1-5H3. The molecule has 316 valence electrons. The molecule has 7 nitrogen and oxygen atoms in total. The Labute approximate surface area is 334 Å². The van der Waals surface area contributed by atoms with Crippen molar-refractivity contribution in [2.45, 2.75) is 233 Å². The van der Waals surface area contributed by atoms with E-state index in [-0.39, 0.29) is 25.2 Å². The summed E-state index contributed by atoms with van der Waals surface area (Å²) in [6, 6.07) is 0. The quantitative estimate of drug-likeness (QED) is 0.0270. The van der Waals surface area contributed by atoms with E-state index in [0.717, 1.165) is 51.4 Å². The molecule has 0 aromatic carbocycles. The fourth-order valence-electron chi connectivity index (χ4n) is 6.33. The molecule has 0 rings (SSSR count). The molecule has 7 heteroatoms. The van der Waals surface area contributed by atoms with Gasteiger partial charge in [0, 0.05) is 25.9 Å². The molecule has 0 aliphatic carbocycles. The molecule has 0 aromatic heterocycles. The number of allylic oxidation sites excluding steroid dienone is 4. The van der Waals surface area contributed by atoms with Crippen molar-refractivity contribution in [3.05, 3.63) is 24.3 Å². The van der Waals surface area contributed by atoms with Crippen LogP contribution in [0.4, 0.5) is 4.79 Å². The molecule has 0 radical (unpaired) electrons. The van der Waals surface area contributed by atoms with Gasteiger partial charge in [0.2, 0.25) is 0 Å². The molecule has 0 heterocycles. The van der Waals surface area contributed by atoms with Crippen molar-refractivity contribution < 1.29 is 28.6 Å². The molecule has 1 amide bonds. The van der Waals surface area contributed by atoms with Crippen molar-refractivity contribution in [2.24, 2.45) is 0 Å². The van der Waals surface area contributed by atoms with Crippen LogP contribution in [0.1, 0.15) is 227 Å². The molecule has 0 spiro atoms. The lowest BCUT2D eigenvalue weighted by Gasteiger charge is -2.27. The van der Waals surface area contributed by atoms with E-state index >= 15 is 0 Å². The first-order valence-electron chi connectivity index (χ1n) is 22.8. The van der Waals surface area contributed by atoms with Gasteiger partial charge in [-0.2, -0.15) is 0 Å². The summed E-state index contributed by atoms with van der Waals surface area (Å²) in [6.45, 7) is 11.4. The predicted octanol–water partition coefficient (Wildman–Crippen LogP) is 14.2. The summed E-state index contributed by atoms with van der Waals surface area (Å²) in [4.78, 5) is 39.0. The van der Waals surface area contributed by atoms with E-state index in [2.05, 4.69) is 38.2 Å². The summed E-state index contributed by atoms with van der Waals surface area (Å²) in [7, 11) is 0. The van der Waals surface area contributed by atoms with Crippen molar-refractivity contribution in [3.63, 3.8) is 0 Å². The molecule has 0 fully saturated rings. The molecule has 0 aliphatic heterocycles. The lowest BCUT2D eigenvalue weighted by atomic mass is 10.1. The Morgan fingerprint density at radius 2 is 0.759 bits per heavy atom. The molecule has 0 saturated heterocycles. The third-order valence-corrected chi connectivity index (χ3v) is 9.61. The number of nitrogens with zero attached hydrogens (tertiary/aromatic N) is 1. The average molecular weight is 762 g/mol. The van der Waals surface area contributed by atoms with Crippen LogP contribution < -0.4 is 0 Å². The minimum Gasteiger partial charge on any atom is -0.466 e. The predicted molar refractivity (Wildman–Crippen MR) is 228 cm³/mol. The summed E-state index contributed by atoms with van der Waals surface area (Å²) in [5.74, 6) is -0.343. The van der Waals surface area contributed by atoms with Gasteiger partial charge in [-0.25, -0.2) is 4.79 Å². The highest BCUT2D eigenvalue weighted by Gasteiger charge is 2.22. The van der Waals surface area contributed by atoms with Crippen LogP contribution in [0.2, 0.25) is 0 Å². The highest BCUT2D eigenvalue weighted by Crippen LogP contribution is 2.14. The molecule has 0 unspecified atom stereocenters. The van der Waals surface area contributed by atoms with Crippen LogP contribution in [-0.4, -0.2) is 54.8 Å². The Hall–Kier alpha value is -2.31. The number of carbonyl (C=O) groups excluding carboxylic acids is 3. The summed E-state index contributed by atoms with van der Waals surface area (Å²) in [6.07, 6.45) is 42.8. The number of rotatable bonds is 38. The average Bonchev–Trinajstić information content (AvgIpc) is 3.13. The van der Waals surface area contributed by atoms with Crippen LogP contribution in [0, 0.1) is 0 Å². The lowest BCUT2D eigenvalue weighted by molar-refractivity contribution is -0.144. The Morgan fingerprint density at radius 1 is 0.444 bits per heavy atom. The van der Waals surface area contributed by atoms with Gasteiger partial charge in [-0.1, -0.05) is 141 Å². The number of ether oxygens (including phenoxy) is 3. The first-order chi connectivity index (χ1) is 26.2. The number of hydrogen-bond donors (Lipinski definition) is 0. The zero-order valence-electron chi connectivity index (χ0n) is 36.2. The normalized spacial score (nSPS) is 11.8. The molecule has 54 heavy (non-hydrogen) atoms. The smallest absolute Gasteiger partial charge is 0.410 e. The summed E-state index contributed by atoms with van der Waals surface area (Å²) in [5.41, 5.74) is -0.609. The Bertz CT molecular complexity index is 864. The van der Waals surface area contributed by atoms with Crippen LogP contribution in [0.15, 0.2) is 24.3 Å². The topological polar surface area (TPSA) is 82.1 Å². The maximum absolute atomic E-state index is 12.8. The Balaban J connectivity index is 3.97. The van der Waals surface area contributed by atoms with E-state index in [0.29, 0.717) is 38.8 Å². The maximum atomic E-state index is 12.8. The van der Waals surface area contributed by atoms with Gasteiger partial charge in [0.25, 0.3) is 0 Å². The van der Waals surface area contributed by atoms with Gasteiger partial charge in [0.05, 0.1) is 13.2 Å². The largest absolute Gasteiger partial charge is 0.466 e. The fourth-order valence-corrected chi connectivity index (χ4v) is 6.33. The Kier molecular flexibility index (Phi) is 37.3. The van der Waals surface area contributed by atoms with E-state index in [1.807, 2.05) is 20.8 Å². The number of esters is 2. The van der Waals surface area contributed by atoms with Crippen LogP contribution in [0.5, 0.6) is 0 Å². The number of carbonyl (C=O) groups is 3. The van der Waals surface area contributed by atoms with Crippen molar-refractivity contribution in [3.8, 4) is 0 Å². The van der Waals surface area contributed by atoms with E-state index < -0.39 is 11.7 Å². The molecule has 0 atom stereocenters. The van der Waals surface area contributed by atoms with E-state index in [1.54, 1.807) is 4.90 Å². The molecular weight excluding hydrogens is 675 g/mol. The van der Waals surface area contributed by atoms with Crippen molar-refractivity contribution in [2.75, 3.05) is 26.3 Å². The second-order valence-electron chi connectivity index (χ2n) is 16.3. The monoisotopic (exact) mass is 762 g/mol. The van der Waals surface area contributed by atoms with Gasteiger partial charge in [-0.3, -0.25) is 9.59 Å². The second-order valence-corrected chi connectivity index (χ2v) is 16.3. The minimum absolute atomic E-state index is 0.172. The minimum atomic E-state index is -0.609. The van der Waals surface area contributed by atoms with Gasteiger partial charge >= 0.3 is 18.0 Å². The van der Waals surface area contributed by atoms with Gasteiger partial charge < -0.3 is 19.1 Å². The number of hydrogen-bond acceptors (Lipinski definition) is 6. The molecule has 0 saturated carbocycles. The molecule has 0 N–H and O–H groups in total. The van der Waals surface area contributed by atoms with Crippen molar-refractivity contribution >= 4 is 18.0 Å². The maximum Gasteiger partial charge on any atom is 0.410 e. The van der Waals surface area contributed by atoms with Crippen molar-refractivity contribution in [1.29, 1.82) is 0 Å². The van der Waals surface area contributed by atoms with E-state index in [9.17, 15) is 14.4 Å². The molecule has 0 aliphatic rings. The van der Waals surface area contributed by atoms with Gasteiger partial charge in [0.1, 0.15) is 5.60 Å². The summed E-state index contributed by atoms with van der Waals surface area (Å²) >= 11 is 0. The second kappa shape index (κ2) is 38.9. The highest BCUT2D eigenvalue weighted by molar-refractivity contribution is 5.70. The van der Waals surface area contributed by atoms with E-state index in [1.165, 1.54) is 116 Å². The lowest BCUT2D eigenvalue weighted by Crippen LogP contribution is -2.38. The molecule has 0 aromatic rings. The number of amides is 1. The zero-order valence-corrected chi connectivity index (χ0v) is 36.2. The third kappa shape index (κ3) is 39.4. The Morgan fingerprint density at radius 3 is 1.09 bits per heavy atom. The van der Waals surface area contributed by atoms with Gasteiger partial charge in [0.15, 0.2) is 0 Å². The van der Waals surface area contributed by atoms with Crippen LogP contribution in [0.25, 0.3) is 0 Å². The van der Waals surface area contributed by atoms with Crippen LogP contribution in [0.3, 0.4) is 0 Å². The summed E-state index contributed by atoms with van der Waals surface area (Å²) < 4.78 is 16.5. The third-order valence-electron chi connectivity index (χ3n) is 9.61. The number of unbranched alkanes of at least 4 members (excludes halogenated alkanes) is 22. The zero-order chi connectivity index (χ0) is 39.8. The van der Waals surface area contributed by atoms with E-state index in [4.69, 9.17) is 14.2 Å². The van der Waals surface area contributed by atoms with Gasteiger partial charge in [-0.05, 0) is 97.8 Å². The first-order valence-corrected chi connectivity index (χ1v) is 22.8. The first kappa shape index (κ1) is 51.7. The fraction of sp³-hybridized carbons (Fsp3) is 0.851. The molecule has 0 bridgehead atoms. The van der Waals surface area contributed by atoms with Crippen molar-refractivity contribution in [1.82, 2.24) is 4.90 Å². The SMILES string of the molecule is CCCCCCCCC=CCCCCCCCC(=O)OCCCN(CCCOC(=O)CCCCCCCC=CCCCCCCCC)C(=O)OC(C)(C)C. The summed E-state index contributed by atoms with van der Waals surface area (Å²) in [5, 5.41) is 0. The van der Waals surface area contributed by atoms with Crippen LogP contribution >= 0.6 is 0 Å². The van der Waals surface area contributed by atoms with Crippen LogP contribution in [-0.2, 0) is 23.8 Å². The van der Waals surface area contributed by atoms with Gasteiger partial charge in [-0.15, -0.1) is 0 Å².